The maximum atomic E-state index is 9.31. The monoisotopic (exact) mass is 224 g/mol. The first kappa shape index (κ1) is 10.6. The summed E-state index contributed by atoms with van der Waals surface area (Å²) in [5.41, 5.74) is 7.30. The smallest absolute Gasteiger partial charge is 0.138 e. The molecule has 1 heterocycles. The van der Waals surface area contributed by atoms with E-state index >= 15 is 0 Å². The SMILES string of the molecule is Nc1cc(CN2CCSCC2)ccc1O. The van der Waals surface area contributed by atoms with Gasteiger partial charge in [0.1, 0.15) is 5.75 Å². The highest BCUT2D eigenvalue weighted by molar-refractivity contribution is 7.99. The van der Waals surface area contributed by atoms with Crippen LogP contribution in [0.3, 0.4) is 0 Å². The number of hydrogen-bond acceptors (Lipinski definition) is 4. The van der Waals surface area contributed by atoms with Gasteiger partial charge in [0.15, 0.2) is 0 Å². The van der Waals surface area contributed by atoms with Crippen molar-refractivity contribution < 1.29 is 5.11 Å². The van der Waals surface area contributed by atoms with E-state index in [2.05, 4.69) is 4.90 Å². The van der Waals surface area contributed by atoms with E-state index in [0.29, 0.717) is 5.69 Å². The first-order chi connectivity index (χ1) is 7.25. The predicted octanol–water partition coefficient (Wildman–Crippen LogP) is 1.52. The summed E-state index contributed by atoms with van der Waals surface area (Å²) in [5, 5.41) is 9.31. The van der Waals surface area contributed by atoms with E-state index in [1.807, 2.05) is 23.9 Å². The lowest BCUT2D eigenvalue weighted by Crippen LogP contribution is -2.31. The third-order valence-corrected chi connectivity index (χ3v) is 3.54. The number of nitrogens with two attached hydrogens (primary N) is 1. The molecule has 4 heteroatoms. The van der Waals surface area contributed by atoms with Crippen molar-refractivity contribution in [3.63, 3.8) is 0 Å². The third kappa shape index (κ3) is 2.79. The molecule has 15 heavy (non-hydrogen) atoms. The second-order valence-corrected chi connectivity index (χ2v) is 5.01. The van der Waals surface area contributed by atoms with Crippen molar-refractivity contribution >= 4 is 17.4 Å². The van der Waals surface area contributed by atoms with E-state index in [-0.39, 0.29) is 5.75 Å². The van der Waals surface area contributed by atoms with Crippen molar-refractivity contribution in [3.8, 4) is 5.75 Å². The molecule has 0 aliphatic carbocycles. The molecule has 1 aromatic rings. The van der Waals surface area contributed by atoms with E-state index in [4.69, 9.17) is 5.73 Å². The number of phenols is 1. The zero-order valence-electron chi connectivity index (χ0n) is 8.65. The Morgan fingerprint density at radius 3 is 2.73 bits per heavy atom. The van der Waals surface area contributed by atoms with Crippen LogP contribution in [0.1, 0.15) is 5.56 Å². The first-order valence-corrected chi connectivity index (χ1v) is 6.28. The molecule has 0 unspecified atom stereocenters. The van der Waals surface area contributed by atoms with Gasteiger partial charge in [0.25, 0.3) is 0 Å². The number of aromatic hydroxyl groups is 1. The van der Waals surface area contributed by atoms with Crippen LogP contribution in [-0.2, 0) is 6.54 Å². The summed E-state index contributed by atoms with van der Waals surface area (Å²) >= 11 is 2.01. The van der Waals surface area contributed by atoms with Gasteiger partial charge in [-0.2, -0.15) is 11.8 Å². The minimum atomic E-state index is 0.174. The fourth-order valence-electron chi connectivity index (χ4n) is 1.72. The Kier molecular flexibility index (Phi) is 3.38. The maximum Gasteiger partial charge on any atom is 0.138 e. The van der Waals surface area contributed by atoms with E-state index in [1.54, 1.807) is 6.07 Å². The molecule has 82 valence electrons. The molecule has 0 bridgehead atoms. The molecule has 0 aromatic heterocycles. The van der Waals surface area contributed by atoms with Crippen molar-refractivity contribution in [2.75, 3.05) is 30.3 Å². The molecule has 0 radical (unpaired) electrons. The van der Waals surface area contributed by atoms with Crippen molar-refractivity contribution in [1.82, 2.24) is 4.90 Å². The lowest BCUT2D eigenvalue weighted by Gasteiger charge is -2.26. The molecule has 1 saturated heterocycles. The Morgan fingerprint density at radius 2 is 2.07 bits per heavy atom. The van der Waals surface area contributed by atoms with Crippen LogP contribution in [0.25, 0.3) is 0 Å². The Balaban J connectivity index is 2.00. The standard InChI is InChI=1S/C11H16N2OS/c12-10-7-9(1-2-11(10)14)8-13-3-5-15-6-4-13/h1-2,7,14H,3-6,8,12H2. The van der Waals surface area contributed by atoms with Crippen LogP contribution >= 0.6 is 11.8 Å². The number of phenolic OH excluding ortho intramolecular Hbond substituents is 1. The van der Waals surface area contributed by atoms with Crippen LogP contribution < -0.4 is 5.73 Å². The zero-order chi connectivity index (χ0) is 10.7. The van der Waals surface area contributed by atoms with Crippen molar-refractivity contribution in [1.29, 1.82) is 0 Å². The molecule has 2 rings (SSSR count). The first-order valence-electron chi connectivity index (χ1n) is 5.13. The molecule has 3 nitrogen and oxygen atoms in total. The Bertz CT molecular complexity index is 337. The molecule has 0 atom stereocenters. The van der Waals surface area contributed by atoms with Crippen LogP contribution in [0.2, 0.25) is 0 Å². The molecule has 1 fully saturated rings. The van der Waals surface area contributed by atoms with Gasteiger partial charge >= 0.3 is 0 Å². The maximum absolute atomic E-state index is 9.31. The van der Waals surface area contributed by atoms with Gasteiger partial charge in [-0.05, 0) is 17.7 Å². The number of thioether (sulfide) groups is 1. The Labute approximate surface area is 94.3 Å². The fraction of sp³-hybridized carbons (Fsp3) is 0.455. The van der Waals surface area contributed by atoms with Crippen LogP contribution in [0, 0.1) is 0 Å². The van der Waals surface area contributed by atoms with Crippen LogP contribution in [0.15, 0.2) is 18.2 Å². The van der Waals surface area contributed by atoms with Gasteiger partial charge in [0, 0.05) is 31.1 Å². The highest BCUT2D eigenvalue weighted by Gasteiger charge is 2.10. The summed E-state index contributed by atoms with van der Waals surface area (Å²) in [6, 6.07) is 5.47. The normalized spacial score (nSPS) is 17.9. The topological polar surface area (TPSA) is 49.5 Å². The average Bonchev–Trinajstić information content (AvgIpc) is 2.25. The summed E-state index contributed by atoms with van der Waals surface area (Å²) in [7, 11) is 0. The molecule has 1 aliphatic heterocycles. The van der Waals surface area contributed by atoms with Gasteiger partial charge in [-0.3, -0.25) is 4.90 Å². The molecule has 1 aromatic carbocycles. The second-order valence-electron chi connectivity index (χ2n) is 3.78. The van der Waals surface area contributed by atoms with E-state index < -0.39 is 0 Å². The number of nitrogen functional groups attached to an aromatic ring is 1. The number of benzene rings is 1. The summed E-state index contributed by atoms with van der Waals surface area (Å²) in [4.78, 5) is 2.42. The number of hydrogen-bond donors (Lipinski definition) is 2. The lowest BCUT2D eigenvalue weighted by molar-refractivity contribution is 0.294. The highest BCUT2D eigenvalue weighted by atomic mass is 32.2. The molecular formula is C11H16N2OS. The van der Waals surface area contributed by atoms with Crippen molar-refractivity contribution in [2.45, 2.75) is 6.54 Å². The van der Waals surface area contributed by atoms with Crippen LogP contribution in [-0.4, -0.2) is 34.6 Å². The lowest BCUT2D eigenvalue weighted by atomic mass is 10.2. The minimum absolute atomic E-state index is 0.174. The van der Waals surface area contributed by atoms with Crippen LogP contribution in [0.5, 0.6) is 5.75 Å². The van der Waals surface area contributed by atoms with Gasteiger partial charge in [-0.15, -0.1) is 0 Å². The zero-order valence-corrected chi connectivity index (χ0v) is 9.46. The molecule has 1 aliphatic rings. The van der Waals surface area contributed by atoms with Gasteiger partial charge in [0.2, 0.25) is 0 Å². The van der Waals surface area contributed by atoms with E-state index in [0.717, 1.165) is 19.6 Å². The number of anilines is 1. The van der Waals surface area contributed by atoms with E-state index in [1.165, 1.54) is 17.1 Å². The van der Waals surface area contributed by atoms with Crippen molar-refractivity contribution in [3.05, 3.63) is 23.8 Å². The number of rotatable bonds is 2. The minimum Gasteiger partial charge on any atom is -0.506 e. The molecule has 3 N–H and O–H groups in total. The summed E-state index contributed by atoms with van der Waals surface area (Å²) < 4.78 is 0. The molecular weight excluding hydrogens is 208 g/mol. The Morgan fingerprint density at radius 1 is 1.33 bits per heavy atom. The van der Waals surface area contributed by atoms with Crippen LogP contribution in [0.4, 0.5) is 5.69 Å². The average molecular weight is 224 g/mol. The summed E-state index contributed by atoms with van der Waals surface area (Å²) in [5.74, 6) is 2.61. The van der Waals surface area contributed by atoms with Crippen molar-refractivity contribution in [2.24, 2.45) is 0 Å². The number of nitrogens with zero attached hydrogens (tertiary/aromatic N) is 1. The van der Waals surface area contributed by atoms with Gasteiger partial charge in [-0.1, -0.05) is 6.07 Å². The van der Waals surface area contributed by atoms with E-state index in [9.17, 15) is 5.11 Å². The largest absolute Gasteiger partial charge is 0.506 e. The molecule has 0 saturated carbocycles. The third-order valence-electron chi connectivity index (χ3n) is 2.60. The van der Waals surface area contributed by atoms with Gasteiger partial charge in [0.05, 0.1) is 5.69 Å². The predicted molar refractivity (Wildman–Crippen MR) is 65.1 cm³/mol. The molecule has 0 spiro atoms. The second kappa shape index (κ2) is 4.77. The summed E-state index contributed by atoms with van der Waals surface area (Å²) in [6.45, 7) is 3.22. The van der Waals surface area contributed by atoms with Gasteiger partial charge < -0.3 is 10.8 Å². The Hall–Kier alpha value is -0.870. The fourth-order valence-corrected chi connectivity index (χ4v) is 2.70. The van der Waals surface area contributed by atoms with Gasteiger partial charge in [-0.25, -0.2) is 0 Å². The molecule has 0 amide bonds. The summed E-state index contributed by atoms with van der Waals surface area (Å²) in [6.07, 6.45) is 0. The highest BCUT2D eigenvalue weighted by Crippen LogP contribution is 2.22. The quantitative estimate of drug-likeness (QED) is 0.591.